The highest BCUT2D eigenvalue weighted by Crippen LogP contribution is 2.32. The van der Waals surface area contributed by atoms with Crippen molar-refractivity contribution in [1.29, 1.82) is 0 Å². The van der Waals surface area contributed by atoms with Crippen molar-refractivity contribution >= 4 is 28.5 Å². The number of anilines is 1. The summed E-state index contributed by atoms with van der Waals surface area (Å²) in [6, 6.07) is 11.4. The molecule has 3 rings (SSSR count). The van der Waals surface area contributed by atoms with Crippen LogP contribution in [0, 0.1) is 0 Å². The molecule has 31 heavy (non-hydrogen) atoms. The molecule has 164 valence electrons. The monoisotopic (exact) mass is 423 g/mol. The van der Waals surface area contributed by atoms with Crippen LogP contribution >= 0.6 is 0 Å². The Morgan fingerprint density at radius 2 is 1.71 bits per heavy atom. The van der Waals surface area contributed by atoms with Gasteiger partial charge < -0.3 is 19.2 Å². The van der Waals surface area contributed by atoms with Crippen LogP contribution in [0.1, 0.15) is 56.2 Å². The van der Waals surface area contributed by atoms with E-state index in [0.717, 1.165) is 22.2 Å². The molecule has 1 amide bonds. The summed E-state index contributed by atoms with van der Waals surface area (Å²) in [7, 11) is 1.58. The van der Waals surface area contributed by atoms with Crippen molar-refractivity contribution in [3.8, 4) is 5.75 Å². The van der Waals surface area contributed by atoms with Gasteiger partial charge in [-0.3, -0.25) is 9.59 Å². The van der Waals surface area contributed by atoms with Crippen LogP contribution in [0.15, 0.2) is 47.1 Å². The Morgan fingerprint density at radius 3 is 2.32 bits per heavy atom. The Kier molecular flexibility index (Phi) is 7.00. The molecule has 1 N–H and O–H groups in total. The zero-order valence-corrected chi connectivity index (χ0v) is 18.7. The summed E-state index contributed by atoms with van der Waals surface area (Å²) >= 11 is 0. The van der Waals surface area contributed by atoms with Crippen molar-refractivity contribution in [3.05, 3.63) is 59.4 Å². The summed E-state index contributed by atoms with van der Waals surface area (Å²) < 4.78 is 15.9. The molecule has 0 saturated carbocycles. The molecule has 0 radical (unpaired) electrons. The molecule has 3 aromatic rings. The van der Waals surface area contributed by atoms with Gasteiger partial charge in [0.1, 0.15) is 11.3 Å². The molecule has 1 heterocycles. The molecule has 1 aromatic heterocycles. The van der Waals surface area contributed by atoms with Crippen molar-refractivity contribution in [2.24, 2.45) is 0 Å². The summed E-state index contributed by atoms with van der Waals surface area (Å²) in [5.74, 6) is 0.337. The normalized spacial score (nSPS) is 11.2. The fraction of sp³-hybridized carbons (Fsp3) is 0.360. The number of hydrogen-bond donors (Lipinski definition) is 1. The number of carbonyl (C=O) groups is 2. The maximum atomic E-state index is 12.5. The van der Waals surface area contributed by atoms with Gasteiger partial charge in [-0.1, -0.05) is 45.9 Å². The lowest BCUT2D eigenvalue weighted by atomic mass is 9.92. The van der Waals surface area contributed by atoms with Gasteiger partial charge in [0.05, 0.1) is 19.8 Å². The summed E-state index contributed by atoms with van der Waals surface area (Å²) in [6.07, 6.45) is 1.55. The second kappa shape index (κ2) is 9.69. The molecular formula is C25H29NO5. The number of para-hydroxylation sites is 1. The van der Waals surface area contributed by atoms with Gasteiger partial charge in [0.15, 0.2) is 6.61 Å². The van der Waals surface area contributed by atoms with Crippen LogP contribution in [0.4, 0.5) is 5.69 Å². The molecule has 0 unspecified atom stereocenters. The number of fused-ring (bicyclic) bond motifs is 1. The number of esters is 1. The third kappa shape index (κ3) is 5.26. The lowest BCUT2D eigenvalue weighted by molar-refractivity contribution is -0.146. The average molecular weight is 424 g/mol. The van der Waals surface area contributed by atoms with Crippen LogP contribution < -0.4 is 10.1 Å². The Hall–Kier alpha value is -3.28. The zero-order valence-electron chi connectivity index (χ0n) is 18.7. The highest BCUT2D eigenvalue weighted by Gasteiger charge is 2.18. The maximum absolute atomic E-state index is 12.5. The van der Waals surface area contributed by atoms with Crippen LogP contribution in [0.5, 0.6) is 5.75 Å². The number of methoxy groups -OCH3 is 1. The van der Waals surface area contributed by atoms with Crippen molar-refractivity contribution in [1.82, 2.24) is 0 Å². The van der Waals surface area contributed by atoms with Crippen molar-refractivity contribution < 1.29 is 23.5 Å². The van der Waals surface area contributed by atoms with Crippen LogP contribution in [0.3, 0.4) is 0 Å². The van der Waals surface area contributed by atoms with Gasteiger partial charge in [-0.25, -0.2) is 0 Å². The van der Waals surface area contributed by atoms with Crippen molar-refractivity contribution in [2.45, 2.75) is 46.0 Å². The minimum atomic E-state index is -0.491. The largest absolute Gasteiger partial charge is 0.497 e. The second-order valence-corrected chi connectivity index (χ2v) is 8.13. The lowest BCUT2D eigenvalue weighted by Crippen LogP contribution is -2.23. The number of amides is 1. The van der Waals surface area contributed by atoms with Crippen LogP contribution in [-0.2, 0) is 20.7 Å². The number of ether oxygens (including phenoxy) is 2. The van der Waals surface area contributed by atoms with Gasteiger partial charge in [0, 0.05) is 22.7 Å². The first-order valence-electron chi connectivity index (χ1n) is 10.4. The van der Waals surface area contributed by atoms with Gasteiger partial charge in [0.2, 0.25) is 0 Å². The number of rotatable bonds is 8. The Bertz CT molecular complexity index is 1050. The number of furan rings is 1. The van der Waals surface area contributed by atoms with E-state index in [1.54, 1.807) is 19.2 Å². The fourth-order valence-corrected chi connectivity index (χ4v) is 3.55. The van der Waals surface area contributed by atoms with E-state index in [2.05, 4.69) is 33.0 Å². The van der Waals surface area contributed by atoms with Crippen LogP contribution in [0.25, 0.3) is 11.0 Å². The van der Waals surface area contributed by atoms with Crippen molar-refractivity contribution in [2.75, 3.05) is 19.0 Å². The van der Waals surface area contributed by atoms with Gasteiger partial charge >= 0.3 is 5.97 Å². The molecule has 6 nitrogen and oxygen atoms in total. The Morgan fingerprint density at radius 1 is 1.03 bits per heavy atom. The molecule has 6 heteroatoms. The molecule has 0 atom stereocenters. The van der Waals surface area contributed by atoms with E-state index in [0.29, 0.717) is 16.9 Å². The molecule has 0 bridgehead atoms. The summed E-state index contributed by atoms with van der Waals surface area (Å²) in [5, 5.41) is 3.76. The quantitative estimate of drug-likeness (QED) is 0.490. The third-order valence-corrected chi connectivity index (χ3v) is 5.20. The molecule has 0 aliphatic rings. The van der Waals surface area contributed by atoms with Gasteiger partial charge in [0.25, 0.3) is 5.91 Å². The predicted molar refractivity (Wildman–Crippen MR) is 121 cm³/mol. The first-order valence-corrected chi connectivity index (χ1v) is 10.4. The third-order valence-electron chi connectivity index (χ3n) is 5.20. The zero-order chi connectivity index (χ0) is 22.5. The highest BCUT2D eigenvalue weighted by molar-refractivity contribution is 5.95. The second-order valence-electron chi connectivity index (χ2n) is 8.13. The summed E-state index contributed by atoms with van der Waals surface area (Å²) in [4.78, 5) is 24.8. The molecule has 0 saturated heterocycles. The fourth-order valence-electron chi connectivity index (χ4n) is 3.55. The Balaban J connectivity index is 1.63. The Labute approximate surface area is 182 Å². The molecule has 0 aliphatic heterocycles. The van der Waals surface area contributed by atoms with Gasteiger partial charge in [-0.15, -0.1) is 0 Å². The lowest BCUT2D eigenvalue weighted by Gasteiger charge is -2.20. The van der Waals surface area contributed by atoms with E-state index >= 15 is 0 Å². The number of hydrogen-bond acceptors (Lipinski definition) is 5. The molecular weight excluding hydrogens is 394 g/mol. The SMILES string of the molecule is COc1ccc2c(CC(=O)OCC(=O)Nc3c(C(C)C)cccc3C(C)C)coc2c1. The first kappa shape index (κ1) is 22.4. The summed E-state index contributed by atoms with van der Waals surface area (Å²) in [6.45, 7) is 7.99. The van der Waals surface area contributed by atoms with Crippen LogP contribution in [0.2, 0.25) is 0 Å². The molecule has 0 aliphatic carbocycles. The minimum absolute atomic E-state index is 0.0203. The standard InChI is InChI=1S/C25H29NO5/c1-15(2)19-7-6-8-20(16(3)4)25(19)26-23(27)14-31-24(28)11-17-13-30-22-12-18(29-5)9-10-21(17)22/h6-10,12-13,15-16H,11,14H2,1-5H3,(H,26,27). The predicted octanol–water partition coefficient (Wildman–Crippen LogP) is 5.41. The van der Waals surface area contributed by atoms with E-state index < -0.39 is 5.97 Å². The van der Waals surface area contributed by atoms with Crippen molar-refractivity contribution in [3.63, 3.8) is 0 Å². The molecule has 0 spiro atoms. The van der Waals surface area contributed by atoms with E-state index in [1.807, 2.05) is 24.3 Å². The number of nitrogens with one attached hydrogen (secondary N) is 1. The van der Waals surface area contributed by atoms with E-state index in [1.165, 1.54) is 6.26 Å². The maximum Gasteiger partial charge on any atom is 0.310 e. The average Bonchev–Trinajstić information content (AvgIpc) is 3.13. The number of benzene rings is 2. The van der Waals surface area contributed by atoms with Gasteiger partial charge in [-0.2, -0.15) is 0 Å². The molecule has 2 aromatic carbocycles. The summed E-state index contributed by atoms with van der Waals surface area (Å²) in [5.41, 5.74) is 4.27. The number of carbonyl (C=O) groups excluding carboxylic acids is 2. The smallest absolute Gasteiger partial charge is 0.310 e. The first-order chi connectivity index (χ1) is 14.8. The van der Waals surface area contributed by atoms with E-state index in [9.17, 15) is 9.59 Å². The minimum Gasteiger partial charge on any atom is -0.497 e. The highest BCUT2D eigenvalue weighted by atomic mass is 16.5. The topological polar surface area (TPSA) is 77.8 Å². The van der Waals surface area contributed by atoms with Crippen LogP contribution in [-0.4, -0.2) is 25.6 Å². The van der Waals surface area contributed by atoms with E-state index in [-0.39, 0.29) is 30.8 Å². The van der Waals surface area contributed by atoms with E-state index in [4.69, 9.17) is 13.9 Å². The molecule has 0 fully saturated rings. The van der Waals surface area contributed by atoms with Gasteiger partial charge in [-0.05, 0) is 35.1 Å².